The van der Waals surface area contributed by atoms with Crippen LogP contribution in [0.4, 0.5) is 5.69 Å². The minimum atomic E-state index is 0.616. The van der Waals surface area contributed by atoms with Crippen LogP contribution in [0, 0.1) is 0 Å². The summed E-state index contributed by atoms with van der Waals surface area (Å²) in [6.45, 7) is 9.13. The van der Waals surface area contributed by atoms with Gasteiger partial charge in [0, 0.05) is 24.3 Å². The van der Waals surface area contributed by atoms with Crippen LogP contribution in [0.1, 0.15) is 45.6 Å². The molecule has 1 aliphatic rings. The number of unbranched alkanes of at least 4 members (excludes halogenated alkanes) is 2. The van der Waals surface area contributed by atoms with Crippen LogP contribution < -0.4 is 10.2 Å². The third kappa shape index (κ3) is 3.97. The van der Waals surface area contributed by atoms with Crippen molar-refractivity contribution in [3.63, 3.8) is 0 Å². The largest absolute Gasteiger partial charge is 0.368 e. The van der Waals surface area contributed by atoms with Crippen molar-refractivity contribution in [1.82, 2.24) is 5.32 Å². The molecule has 0 radical (unpaired) electrons. The zero-order chi connectivity index (χ0) is 13.7. The molecule has 1 atom stereocenters. The Morgan fingerprint density at radius 2 is 2.00 bits per heavy atom. The zero-order valence-electron chi connectivity index (χ0n) is 12.7. The van der Waals surface area contributed by atoms with Crippen molar-refractivity contribution in [1.29, 1.82) is 0 Å². The van der Waals surface area contributed by atoms with Crippen LogP contribution in [-0.4, -0.2) is 25.2 Å². The second kappa shape index (κ2) is 6.95. The summed E-state index contributed by atoms with van der Waals surface area (Å²) in [5, 5.41) is 3.48. The summed E-state index contributed by atoms with van der Waals surface area (Å²) in [6, 6.07) is 10.2. The molecule has 0 bridgehead atoms. The van der Waals surface area contributed by atoms with E-state index in [0.29, 0.717) is 12.1 Å². The Balaban J connectivity index is 1.72. The quantitative estimate of drug-likeness (QED) is 0.754. The average Bonchev–Trinajstić information content (AvgIpc) is 2.69. The first kappa shape index (κ1) is 14.4. The number of nitrogens with one attached hydrogen (secondary N) is 1. The van der Waals surface area contributed by atoms with Crippen molar-refractivity contribution in [2.75, 3.05) is 18.0 Å². The Morgan fingerprint density at radius 3 is 2.79 bits per heavy atom. The highest BCUT2D eigenvalue weighted by molar-refractivity contribution is 5.59. The Morgan fingerprint density at radius 1 is 1.21 bits per heavy atom. The number of fused-ring (bicyclic) bond motifs is 1. The van der Waals surface area contributed by atoms with Crippen LogP contribution in [-0.2, 0) is 6.42 Å². The van der Waals surface area contributed by atoms with Gasteiger partial charge in [-0.25, -0.2) is 0 Å². The first-order chi connectivity index (χ1) is 9.18. The summed E-state index contributed by atoms with van der Waals surface area (Å²) in [4.78, 5) is 2.59. The van der Waals surface area contributed by atoms with Crippen LogP contribution in [0.25, 0.3) is 0 Å². The van der Waals surface area contributed by atoms with E-state index in [4.69, 9.17) is 0 Å². The number of rotatable bonds is 7. The maximum absolute atomic E-state index is 3.48. The van der Waals surface area contributed by atoms with Crippen molar-refractivity contribution in [3.05, 3.63) is 29.8 Å². The van der Waals surface area contributed by atoms with E-state index in [1.54, 1.807) is 0 Å². The Hall–Kier alpha value is -1.02. The second-order valence-corrected chi connectivity index (χ2v) is 6.04. The molecular formula is C17H28N2. The van der Waals surface area contributed by atoms with Gasteiger partial charge in [0.25, 0.3) is 0 Å². The van der Waals surface area contributed by atoms with Gasteiger partial charge in [-0.15, -0.1) is 0 Å². The van der Waals surface area contributed by atoms with Crippen LogP contribution in [0.2, 0.25) is 0 Å². The molecule has 0 aliphatic carbocycles. The molecule has 19 heavy (non-hydrogen) atoms. The van der Waals surface area contributed by atoms with Crippen molar-refractivity contribution in [3.8, 4) is 0 Å². The molecule has 0 saturated carbocycles. The van der Waals surface area contributed by atoms with Gasteiger partial charge < -0.3 is 10.2 Å². The highest BCUT2D eigenvalue weighted by Gasteiger charge is 2.24. The standard InChI is InChI=1S/C17H28N2/c1-14(2)18-11-7-4-8-12-19-15(3)13-16-9-5-6-10-17(16)19/h5-6,9-10,14-15,18H,4,7-8,11-13H2,1-3H3. The number of nitrogens with zero attached hydrogens (tertiary/aromatic N) is 1. The summed E-state index contributed by atoms with van der Waals surface area (Å²) in [6.07, 6.45) is 5.14. The molecule has 106 valence electrons. The van der Waals surface area contributed by atoms with E-state index in [9.17, 15) is 0 Å². The molecule has 2 nitrogen and oxygen atoms in total. The van der Waals surface area contributed by atoms with Gasteiger partial charge in [-0.2, -0.15) is 0 Å². The lowest BCUT2D eigenvalue weighted by Crippen LogP contribution is -2.30. The molecule has 1 aromatic carbocycles. The van der Waals surface area contributed by atoms with Gasteiger partial charge >= 0.3 is 0 Å². The first-order valence-electron chi connectivity index (χ1n) is 7.76. The minimum Gasteiger partial charge on any atom is -0.368 e. The monoisotopic (exact) mass is 260 g/mol. The predicted molar refractivity (Wildman–Crippen MR) is 83.9 cm³/mol. The predicted octanol–water partition coefficient (Wildman–Crippen LogP) is 3.61. The SMILES string of the molecule is CC(C)NCCCCCN1c2ccccc2CC1C. The third-order valence-corrected chi connectivity index (χ3v) is 3.98. The first-order valence-corrected chi connectivity index (χ1v) is 7.76. The van der Waals surface area contributed by atoms with Crippen molar-refractivity contribution >= 4 is 5.69 Å². The van der Waals surface area contributed by atoms with Gasteiger partial charge in [0.1, 0.15) is 0 Å². The highest BCUT2D eigenvalue weighted by Crippen LogP contribution is 2.31. The number of hydrogen-bond donors (Lipinski definition) is 1. The fraction of sp³-hybridized carbons (Fsp3) is 0.647. The van der Waals surface area contributed by atoms with Gasteiger partial charge in [-0.05, 0) is 44.4 Å². The van der Waals surface area contributed by atoms with E-state index < -0.39 is 0 Å². The van der Waals surface area contributed by atoms with E-state index >= 15 is 0 Å². The van der Waals surface area contributed by atoms with Crippen molar-refractivity contribution in [2.45, 2.75) is 58.5 Å². The smallest absolute Gasteiger partial charge is 0.0402 e. The average molecular weight is 260 g/mol. The summed E-state index contributed by atoms with van der Waals surface area (Å²) in [5.41, 5.74) is 2.99. The maximum Gasteiger partial charge on any atom is 0.0402 e. The van der Waals surface area contributed by atoms with E-state index in [0.717, 1.165) is 6.54 Å². The lowest BCUT2D eigenvalue weighted by Gasteiger charge is -2.24. The van der Waals surface area contributed by atoms with Crippen LogP contribution in [0.5, 0.6) is 0 Å². The molecule has 1 N–H and O–H groups in total. The summed E-state index contributed by atoms with van der Waals surface area (Å²) < 4.78 is 0. The summed E-state index contributed by atoms with van der Waals surface area (Å²) >= 11 is 0. The van der Waals surface area contributed by atoms with Crippen molar-refractivity contribution in [2.24, 2.45) is 0 Å². The van der Waals surface area contributed by atoms with Crippen molar-refractivity contribution < 1.29 is 0 Å². The molecule has 1 heterocycles. The number of anilines is 1. The number of hydrogen-bond acceptors (Lipinski definition) is 2. The van der Waals surface area contributed by atoms with E-state index in [-0.39, 0.29) is 0 Å². The van der Waals surface area contributed by atoms with Gasteiger partial charge in [-0.3, -0.25) is 0 Å². The summed E-state index contributed by atoms with van der Waals surface area (Å²) in [7, 11) is 0. The molecule has 1 aromatic rings. The highest BCUT2D eigenvalue weighted by atomic mass is 15.2. The molecule has 2 heteroatoms. The Kier molecular flexibility index (Phi) is 5.26. The van der Waals surface area contributed by atoms with Gasteiger partial charge in [0.15, 0.2) is 0 Å². The van der Waals surface area contributed by atoms with Crippen LogP contribution in [0.15, 0.2) is 24.3 Å². The number of benzene rings is 1. The molecular weight excluding hydrogens is 232 g/mol. The molecule has 1 unspecified atom stereocenters. The lowest BCUT2D eigenvalue weighted by molar-refractivity contribution is 0.541. The molecule has 1 aliphatic heterocycles. The Bertz CT molecular complexity index is 387. The van der Waals surface area contributed by atoms with Crippen LogP contribution >= 0.6 is 0 Å². The second-order valence-electron chi connectivity index (χ2n) is 6.04. The fourth-order valence-electron chi connectivity index (χ4n) is 2.95. The van der Waals surface area contributed by atoms with Gasteiger partial charge in [-0.1, -0.05) is 38.5 Å². The molecule has 0 spiro atoms. The van der Waals surface area contributed by atoms with E-state index in [1.807, 2.05) is 0 Å². The van der Waals surface area contributed by atoms with E-state index in [2.05, 4.69) is 55.3 Å². The minimum absolute atomic E-state index is 0.616. The van der Waals surface area contributed by atoms with Gasteiger partial charge in [0.05, 0.1) is 0 Å². The molecule has 0 fully saturated rings. The maximum atomic E-state index is 3.48. The molecule has 0 aromatic heterocycles. The third-order valence-electron chi connectivity index (χ3n) is 3.98. The van der Waals surface area contributed by atoms with E-state index in [1.165, 1.54) is 43.5 Å². The summed E-state index contributed by atoms with van der Waals surface area (Å²) in [5.74, 6) is 0. The Labute approximate surface area is 118 Å². The normalized spacial score (nSPS) is 18.1. The zero-order valence-corrected chi connectivity index (χ0v) is 12.7. The van der Waals surface area contributed by atoms with Crippen LogP contribution in [0.3, 0.4) is 0 Å². The number of para-hydroxylation sites is 1. The molecule has 2 rings (SSSR count). The fourth-order valence-corrected chi connectivity index (χ4v) is 2.95. The topological polar surface area (TPSA) is 15.3 Å². The molecule has 0 saturated heterocycles. The lowest BCUT2D eigenvalue weighted by atomic mass is 10.1. The van der Waals surface area contributed by atoms with Gasteiger partial charge in [0.2, 0.25) is 0 Å². The molecule has 0 amide bonds.